The molecule has 0 saturated heterocycles. The molecule has 0 aromatic carbocycles. The van der Waals surface area contributed by atoms with Gasteiger partial charge in [0.25, 0.3) is 0 Å². The lowest BCUT2D eigenvalue weighted by Crippen LogP contribution is -1.96. The van der Waals surface area contributed by atoms with Crippen molar-refractivity contribution in [2.45, 2.75) is 39.1 Å². The largest absolute Gasteiger partial charge is 0.337 e. The van der Waals surface area contributed by atoms with Crippen LogP contribution in [0.25, 0.3) is 0 Å². The number of nitrogens with zero attached hydrogens (tertiary/aromatic N) is 2. The summed E-state index contributed by atoms with van der Waals surface area (Å²) >= 11 is 5.65. The van der Waals surface area contributed by atoms with E-state index in [1.54, 1.807) is 0 Å². The van der Waals surface area contributed by atoms with Gasteiger partial charge in [0.15, 0.2) is 0 Å². The second-order valence-electron chi connectivity index (χ2n) is 3.77. The second kappa shape index (κ2) is 5.28. The van der Waals surface area contributed by atoms with Crippen molar-refractivity contribution in [3.63, 3.8) is 0 Å². The fourth-order valence-corrected chi connectivity index (χ4v) is 1.42. The van der Waals surface area contributed by atoms with Gasteiger partial charge in [-0.3, -0.25) is 0 Å². The van der Waals surface area contributed by atoms with Crippen LogP contribution in [0.4, 0.5) is 0 Å². The standard InChI is InChI=1S/C10H17ClN2/c1-9(2)4-3-5-13-7-10(6-11)12-8-13/h7-9H,3-6H2,1-2H3. The van der Waals surface area contributed by atoms with Gasteiger partial charge in [-0.05, 0) is 18.8 Å². The molecule has 0 radical (unpaired) electrons. The Bertz CT molecular complexity index is 243. The first-order valence-electron chi connectivity index (χ1n) is 4.79. The molecule has 0 aliphatic carbocycles. The zero-order chi connectivity index (χ0) is 9.68. The lowest BCUT2D eigenvalue weighted by Gasteiger charge is -2.04. The zero-order valence-electron chi connectivity index (χ0n) is 8.33. The molecular formula is C10H17ClN2. The predicted molar refractivity (Wildman–Crippen MR) is 55.9 cm³/mol. The third-order valence-electron chi connectivity index (χ3n) is 2.02. The zero-order valence-corrected chi connectivity index (χ0v) is 9.09. The molecule has 0 spiro atoms. The summed E-state index contributed by atoms with van der Waals surface area (Å²) in [7, 11) is 0. The summed E-state index contributed by atoms with van der Waals surface area (Å²) in [6.45, 7) is 5.55. The van der Waals surface area contributed by atoms with Gasteiger partial charge in [0.05, 0.1) is 17.9 Å². The lowest BCUT2D eigenvalue weighted by atomic mass is 10.1. The van der Waals surface area contributed by atoms with E-state index in [0.29, 0.717) is 5.88 Å². The molecule has 74 valence electrons. The number of imidazole rings is 1. The van der Waals surface area contributed by atoms with Crippen LogP contribution in [0, 0.1) is 5.92 Å². The number of rotatable bonds is 5. The fraction of sp³-hybridized carbons (Fsp3) is 0.700. The predicted octanol–water partition coefficient (Wildman–Crippen LogP) is 3.06. The van der Waals surface area contributed by atoms with Crippen LogP contribution >= 0.6 is 11.6 Å². The molecule has 0 aliphatic heterocycles. The van der Waals surface area contributed by atoms with Gasteiger partial charge in [-0.1, -0.05) is 13.8 Å². The van der Waals surface area contributed by atoms with Crippen LogP contribution in [-0.2, 0) is 12.4 Å². The van der Waals surface area contributed by atoms with Gasteiger partial charge < -0.3 is 4.57 Å². The maximum atomic E-state index is 5.65. The molecule has 0 N–H and O–H groups in total. The van der Waals surface area contributed by atoms with Gasteiger partial charge in [0, 0.05) is 12.7 Å². The molecule has 1 heterocycles. The molecule has 1 aromatic heterocycles. The van der Waals surface area contributed by atoms with E-state index >= 15 is 0 Å². The molecule has 0 aliphatic rings. The molecule has 13 heavy (non-hydrogen) atoms. The summed E-state index contributed by atoms with van der Waals surface area (Å²) in [4.78, 5) is 4.16. The monoisotopic (exact) mass is 200 g/mol. The molecule has 0 atom stereocenters. The number of alkyl halides is 1. The third-order valence-corrected chi connectivity index (χ3v) is 2.30. The first kappa shape index (κ1) is 10.6. The highest BCUT2D eigenvalue weighted by Gasteiger charge is 1.98. The van der Waals surface area contributed by atoms with Crippen LogP contribution < -0.4 is 0 Å². The summed E-state index contributed by atoms with van der Waals surface area (Å²) in [6.07, 6.45) is 6.37. The number of aromatic nitrogens is 2. The number of hydrogen-bond acceptors (Lipinski definition) is 1. The molecule has 0 bridgehead atoms. The first-order chi connectivity index (χ1) is 6.22. The van der Waals surface area contributed by atoms with E-state index in [0.717, 1.165) is 18.2 Å². The second-order valence-corrected chi connectivity index (χ2v) is 4.04. The van der Waals surface area contributed by atoms with Gasteiger partial charge in [0.1, 0.15) is 0 Å². The third kappa shape index (κ3) is 3.81. The van der Waals surface area contributed by atoms with Crippen molar-refractivity contribution in [3.8, 4) is 0 Å². The van der Waals surface area contributed by atoms with Gasteiger partial charge >= 0.3 is 0 Å². The van der Waals surface area contributed by atoms with Crippen molar-refractivity contribution in [3.05, 3.63) is 18.2 Å². The van der Waals surface area contributed by atoms with Crippen molar-refractivity contribution in [2.24, 2.45) is 5.92 Å². The topological polar surface area (TPSA) is 17.8 Å². The molecule has 0 fully saturated rings. The van der Waals surface area contributed by atoms with Crippen LogP contribution in [-0.4, -0.2) is 9.55 Å². The molecule has 1 aromatic rings. The fourth-order valence-electron chi connectivity index (χ4n) is 1.28. The van der Waals surface area contributed by atoms with Crippen LogP contribution in [0.3, 0.4) is 0 Å². The van der Waals surface area contributed by atoms with Crippen molar-refractivity contribution < 1.29 is 0 Å². The van der Waals surface area contributed by atoms with E-state index < -0.39 is 0 Å². The van der Waals surface area contributed by atoms with Crippen LogP contribution in [0.2, 0.25) is 0 Å². The molecule has 2 nitrogen and oxygen atoms in total. The van der Waals surface area contributed by atoms with E-state index in [-0.39, 0.29) is 0 Å². The highest BCUT2D eigenvalue weighted by molar-refractivity contribution is 6.16. The quantitative estimate of drug-likeness (QED) is 0.669. The number of halogens is 1. The van der Waals surface area contributed by atoms with E-state index in [1.165, 1.54) is 12.8 Å². The molecule has 0 amide bonds. The van der Waals surface area contributed by atoms with Crippen molar-refractivity contribution in [1.82, 2.24) is 9.55 Å². The van der Waals surface area contributed by atoms with Crippen molar-refractivity contribution in [1.29, 1.82) is 0 Å². The minimum Gasteiger partial charge on any atom is -0.337 e. The van der Waals surface area contributed by atoms with Gasteiger partial charge in [0.2, 0.25) is 0 Å². The summed E-state index contributed by atoms with van der Waals surface area (Å²) in [5, 5.41) is 0. The number of hydrogen-bond donors (Lipinski definition) is 0. The maximum Gasteiger partial charge on any atom is 0.0949 e. The first-order valence-corrected chi connectivity index (χ1v) is 5.32. The van der Waals surface area contributed by atoms with E-state index in [4.69, 9.17) is 11.6 Å². The Hall–Kier alpha value is -0.500. The number of aryl methyl sites for hydroxylation is 1. The summed E-state index contributed by atoms with van der Waals surface area (Å²) in [6, 6.07) is 0. The molecule has 0 saturated carbocycles. The Morgan fingerprint density at radius 2 is 2.31 bits per heavy atom. The Morgan fingerprint density at radius 1 is 1.54 bits per heavy atom. The van der Waals surface area contributed by atoms with Crippen LogP contribution in [0.15, 0.2) is 12.5 Å². The minimum atomic E-state index is 0.511. The summed E-state index contributed by atoms with van der Waals surface area (Å²) < 4.78 is 2.11. The molecule has 1 rings (SSSR count). The minimum absolute atomic E-state index is 0.511. The van der Waals surface area contributed by atoms with Crippen molar-refractivity contribution in [2.75, 3.05) is 0 Å². The van der Waals surface area contributed by atoms with Gasteiger partial charge in [-0.15, -0.1) is 11.6 Å². The van der Waals surface area contributed by atoms with Gasteiger partial charge in [-0.2, -0.15) is 0 Å². The molecule has 3 heteroatoms. The average molecular weight is 201 g/mol. The van der Waals surface area contributed by atoms with Crippen molar-refractivity contribution >= 4 is 11.6 Å². The van der Waals surface area contributed by atoms with Gasteiger partial charge in [-0.25, -0.2) is 4.98 Å². The molecular weight excluding hydrogens is 184 g/mol. The van der Waals surface area contributed by atoms with E-state index in [2.05, 4.69) is 23.4 Å². The Kier molecular flexibility index (Phi) is 4.29. The Morgan fingerprint density at radius 3 is 2.85 bits per heavy atom. The molecule has 0 unspecified atom stereocenters. The van der Waals surface area contributed by atoms with Crippen LogP contribution in [0.1, 0.15) is 32.4 Å². The van der Waals surface area contributed by atoms with E-state index in [1.807, 2.05) is 12.5 Å². The SMILES string of the molecule is CC(C)CCCn1cnc(CCl)c1. The highest BCUT2D eigenvalue weighted by atomic mass is 35.5. The van der Waals surface area contributed by atoms with Crippen LogP contribution in [0.5, 0.6) is 0 Å². The highest BCUT2D eigenvalue weighted by Crippen LogP contribution is 2.06. The Balaban J connectivity index is 2.28. The van der Waals surface area contributed by atoms with E-state index in [9.17, 15) is 0 Å². The Labute approximate surface area is 84.9 Å². The maximum absolute atomic E-state index is 5.65. The lowest BCUT2D eigenvalue weighted by molar-refractivity contribution is 0.512. The average Bonchev–Trinajstić information content (AvgIpc) is 2.52. The smallest absolute Gasteiger partial charge is 0.0949 e. The summed E-state index contributed by atoms with van der Waals surface area (Å²) in [5.74, 6) is 1.30. The normalized spacial score (nSPS) is 11.1. The summed E-state index contributed by atoms with van der Waals surface area (Å²) in [5.41, 5.74) is 0.964.